The third-order valence-electron chi connectivity index (χ3n) is 5.25. The zero-order chi connectivity index (χ0) is 20.7. The fourth-order valence-corrected chi connectivity index (χ4v) is 5.15. The minimum Gasteiger partial charge on any atom is -0.497 e. The standard InChI is InChI=1S/C22H28N2O4S/c1-28-20-14-12-19(13-15-20)24(29(26,27)21-10-3-2-4-11-21)17-7-16-23-22(25)18-8-5-6-9-18/h2-4,10-15,18H,5-9,16-17H2,1H3,(H,23,25). The topological polar surface area (TPSA) is 75.7 Å². The van der Waals surface area contributed by atoms with E-state index >= 15 is 0 Å². The van der Waals surface area contributed by atoms with Crippen LogP contribution in [-0.2, 0) is 14.8 Å². The Bertz CT molecular complexity index is 892. The van der Waals surface area contributed by atoms with Gasteiger partial charge in [-0.1, -0.05) is 31.0 Å². The second-order valence-corrected chi connectivity index (χ2v) is 9.08. The van der Waals surface area contributed by atoms with Crippen LogP contribution >= 0.6 is 0 Å². The highest BCUT2D eigenvalue weighted by molar-refractivity contribution is 7.92. The Morgan fingerprint density at radius 2 is 1.72 bits per heavy atom. The van der Waals surface area contributed by atoms with Crippen molar-refractivity contribution in [1.29, 1.82) is 0 Å². The summed E-state index contributed by atoms with van der Waals surface area (Å²) in [6, 6.07) is 15.3. The van der Waals surface area contributed by atoms with Crippen LogP contribution in [0, 0.1) is 5.92 Å². The lowest BCUT2D eigenvalue weighted by Gasteiger charge is -2.25. The summed E-state index contributed by atoms with van der Waals surface area (Å²) in [5.41, 5.74) is 0.566. The van der Waals surface area contributed by atoms with Gasteiger partial charge in [0.05, 0.1) is 17.7 Å². The average Bonchev–Trinajstić information content (AvgIpc) is 3.29. The molecule has 1 aliphatic rings. The maximum absolute atomic E-state index is 13.2. The van der Waals surface area contributed by atoms with Crippen molar-refractivity contribution in [2.45, 2.75) is 37.0 Å². The summed E-state index contributed by atoms with van der Waals surface area (Å²) in [5.74, 6) is 0.861. The van der Waals surface area contributed by atoms with E-state index in [1.54, 1.807) is 61.7 Å². The Labute approximate surface area is 172 Å². The molecule has 7 heteroatoms. The van der Waals surface area contributed by atoms with E-state index in [1.165, 1.54) is 4.31 Å². The van der Waals surface area contributed by atoms with Gasteiger partial charge in [-0.3, -0.25) is 9.10 Å². The fraction of sp³-hybridized carbons (Fsp3) is 0.409. The lowest BCUT2D eigenvalue weighted by atomic mass is 10.1. The summed E-state index contributed by atoms with van der Waals surface area (Å²) in [6.07, 6.45) is 4.65. The molecule has 0 bridgehead atoms. The molecule has 0 radical (unpaired) electrons. The molecule has 156 valence electrons. The van der Waals surface area contributed by atoms with Crippen LogP contribution in [-0.4, -0.2) is 34.5 Å². The van der Waals surface area contributed by atoms with Gasteiger partial charge in [0.1, 0.15) is 5.75 Å². The van der Waals surface area contributed by atoms with Gasteiger partial charge in [0.2, 0.25) is 5.91 Å². The van der Waals surface area contributed by atoms with E-state index in [4.69, 9.17) is 4.74 Å². The number of benzene rings is 2. The van der Waals surface area contributed by atoms with Crippen LogP contribution in [0.2, 0.25) is 0 Å². The quantitative estimate of drug-likeness (QED) is 0.634. The number of nitrogens with zero attached hydrogens (tertiary/aromatic N) is 1. The Morgan fingerprint density at radius 3 is 2.34 bits per heavy atom. The molecule has 0 spiro atoms. The van der Waals surface area contributed by atoms with Crippen LogP contribution in [0.3, 0.4) is 0 Å². The van der Waals surface area contributed by atoms with Gasteiger partial charge < -0.3 is 10.1 Å². The van der Waals surface area contributed by atoms with Crippen molar-refractivity contribution in [3.63, 3.8) is 0 Å². The highest BCUT2D eigenvalue weighted by atomic mass is 32.2. The normalized spacial score (nSPS) is 14.5. The Morgan fingerprint density at radius 1 is 1.07 bits per heavy atom. The van der Waals surface area contributed by atoms with Gasteiger partial charge in [0.25, 0.3) is 10.0 Å². The summed E-state index contributed by atoms with van der Waals surface area (Å²) in [5, 5.41) is 2.96. The number of nitrogens with one attached hydrogen (secondary N) is 1. The number of anilines is 1. The van der Waals surface area contributed by atoms with Crippen molar-refractivity contribution in [2.24, 2.45) is 5.92 Å². The molecule has 29 heavy (non-hydrogen) atoms. The summed E-state index contributed by atoms with van der Waals surface area (Å²) in [6.45, 7) is 0.723. The predicted molar refractivity (Wildman–Crippen MR) is 114 cm³/mol. The first-order valence-electron chi connectivity index (χ1n) is 10.0. The molecule has 0 aliphatic heterocycles. The minimum absolute atomic E-state index is 0.0874. The zero-order valence-corrected chi connectivity index (χ0v) is 17.5. The molecule has 1 N–H and O–H groups in total. The number of rotatable bonds is 9. The van der Waals surface area contributed by atoms with Gasteiger partial charge in [0.15, 0.2) is 0 Å². The van der Waals surface area contributed by atoms with Crippen molar-refractivity contribution in [3.05, 3.63) is 54.6 Å². The number of amides is 1. The van der Waals surface area contributed by atoms with E-state index in [9.17, 15) is 13.2 Å². The summed E-state index contributed by atoms with van der Waals surface area (Å²) < 4.78 is 33.0. The van der Waals surface area contributed by atoms with Crippen molar-refractivity contribution >= 4 is 21.6 Å². The molecule has 3 rings (SSSR count). The minimum atomic E-state index is -3.71. The molecular formula is C22H28N2O4S. The van der Waals surface area contributed by atoms with Crippen LogP contribution in [0.4, 0.5) is 5.69 Å². The van der Waals surface area contributed by atoms with Gasteiger partial charge in [-0.05, 0) is 55.7 Å². The summed E-state index contributed by atoms with van der Waals surface area (Å²) >= 11 is 0. The van der Waals surface area contributed by atoms with Crippen LogP contribution in [0.15, 0.2) is 59.5 Å². The SMILES string of the molecule is COc1ccc(N(CCCNC(=O)C2CCCC2)S(=O)(=O)c2ccccc2)cc1. The molecule has 6 nitrogen and oxygen atoms in total. The van der Waals surface area contributed by atoms with Crippen molar-refractivity contribution in [3.8, 4) is 5.75 Å². The summed E-state index contributed by atoms with van der Waals surface area (Å²) in [4.78, 5) is 12.4. The molecule has 0 atom stereocenters. The Hall–Kier alpha value is -2.54. The maximum Gasteiger partial charge on any atom is 0.264 e. The third-order valence-corrected chi connectivity index (χ3v) is 7.10. The number of hydrogen-bond acceptors (Lipinski definition) is 4. The van der Waals surface area contributed by atoms with Crippen molar-refractivity contribution < 1.29 is 17.9 Å². The van der Waals surface area contributed by atoms with Gasteiger partial charge in [-0.15, -0.1) is 0 Å². The first-order valence-corrected chi connectivity index (χ1v) is 11.5. The van der Waals surface area contributed by atoms with E-state index in [0.717, 1.165) is 25.7 Å². The Balaban J connectivity index is 1.71. The molecule has 0 saturated heterocycles. The van der Waals surface area contributed by atoms with Gasteiger partial charge in [-0.2, -0.15) is 0 Å². The van der Waals surface area contributed by atoms with E-state index in [1.807, 2.05) is 0 Å². The molecule has 2 aromatic rings. The fourth-order valence-electron chi connectivity index (χ4n) is 3.62. The first kappa shape index (κ1) is 21.2. The molecule has 0 unspecified atom stereocenters. The zero-order valence-electron chi connectivity index (χ0n) is 16.7. The van der Waals surface area contributed by atoms with Crippen LogP contribution in [0.25, 0.3) is 0 Å². The van der Waals surface area contributed by atoms with Crippen LogP contribution < -0.4 is 14.4 Å². The highest BCUT2D eigenvalue weighted by Crippen LogP contribution is 2.26. The molecule has 1 saturated carbocycles. The van der Waals surface area contributed by atoms with E-state index in [-0.39, 0.29) is 23.3 Å². The summed E-state index contributed by atoms with van der Waals surface area (Å²) in [7, 11) is -2.14. The number of carbonyl (C=O) groups is 1. The third kappa shape index (κ3) is 5.29. The van der Waals surface area contributed by atoms with E-state index in [2.05, 4.69) is 5.32 Å². The van der Waals surface area contributed by atoms with Gasteiger partial charge in [-0.25, -0.2) is 8.42 Å². The molecule has 1 aliphatic carbocycles. The number of ether oxygens (including phenoxy) is 1. The number of hydrogen-bond donors (Lipinski definition) is 1. The smallest absolute Gasteiger partial charge is 0.264 e. The molecular weight excluding hydrogens is 388 g/mol. The van der Waals surface area contributed by atoms with Crippen LogP contribution in [0.5, 0.6) is 5.75 Å². The number of methoxy groups -OCH3 is 1. The average molecular weight is 417 g/mol. The van der Waals surface area contributed by atoms with Gasteiger partial charge in [0, 0.05) is 19.0 Å². The number of sulfonamides is 1. The van der Waals surface area contributed by atoms with Crippen LogP contribution in [0.1, 0.15) is 32.1 Å². The second-order valence-electron chi connectivity index (χ2n) is 7.21. The monoisotopic (exact) mass is 416 g/mol. The molecule has 0 aromatic heterocycles. The van der Waals surface area contributed by atoms with E-state index in [0.29, 0.717) is 24.4 Å². The second kappa shape index (κ2) is 9.78. The van der Waals surface area contributed by atoms with Crippen molar-refractivity contribution in [1.82, 2.24) is 5.32 Å². The molecule has 0 heterocycles. The first-order chi connectivity index (χ1) is 14.0. The number of carbonyl (C=O) groups excluding carboxylic acids is 1. The lowest BCUT2D eigenvalue weighted by molar-refractivity contribution is -0.124. The molecule has 1 amide bonds. The van der Waals surface area contributed by atoms with Gasteiger partial charge >= 0.3 is 0 Å². The lowest BCUT2D eigenvalue weighted by Crippen LogP contribution is -2.35. The Kier molecular flexibility index (Phi) is 7.14. The highest BCUT2D eigenvalue weighted by Gasteiger charge is 2.25. The largest absolute Gasteiger partial charge is 0.497 e. The predicted octanol–water partition coefficient (Wildman–Crippen LogP) is 3.59. The van der Waals surface area contributed by atoms with Crippen molar-refractivity contribution in [2.75, 3.05) is 24.5 Å². The molecule has 2 aromatic carbocycles. The molecule has 1 fully saturated rings. The maximum atomic E-state index is 13.2. The van der Waals surface area contributed by atoms with E-state index < -0.39 is 10.0 Å².